The minimum Gasteiger partial charge on any atom is -0.497 e. The number of aromatic nitrogens is 1. The Hall–Kier alpha value is -2.24. The van der Waals surface area contributed by atoms with Crippen LogP contribution in [0.4, 0.5) is 13.2 Å². The van der Waals surface area contributed by atoms with Gasteiger partial charge in [0.25, 0.3) is 0 Å². The summed E-state index contributed by atoms with van der Waals surface area (Å²) in [6, 6.07) is 7.72. The molecule has 0 bridgehead atoms. The van der Waals surface area contributed by atoms with Crippen molar-refractivity contribution in [2.75, 3.05) is 13.7 Å². The molecular formula is C17H16F3NO2. The summed E-state index contributed by atoms with van der Waals surface area (Å²) in [4.78, 5) is 4.05. The van der Waals surface area contributed by atoms with Gasteiger partial charge in [-0.1, -0.05) is 6.07 Å². The van der Waals surface area contributed by atoms with Crippen molar-refractivity contribution in [3.05, 3.63) is 53.3 Å². The number of halogens is 3. The fourth-order valence-corrected chi connectivity index (χ4v) is 2.74. The SMILES string of the molecule is COc1ccc2c(c1)OCC(Cc1cc(C(F)(F)F)ccn1)C2. The summed E-state index contributed by atoms with van der Waals surface area (Å²) in [6.45, 7) is 0.456. The second kappa shape index (κ2) is 6.10. The summed E-state index contributed by atoms with van der Waals surface area (Å²) in [7, 11) is 1.59. The average Bonchev–Trinajstić information content (AvgIpc) is 2.54. The molecule has 1 aliphatic heterocycles. The van der Waals surface area contributed by atoms with Gasteiger partial charge in [0, 0.05) is 23.9 Å². The van der Waals surface area contributed by atoms with Crippen LogP contribution in [0.5, 0.6) is 11.5 Å². The molecule has 0 fully saturated rings. The number of methoxy groups -OCH3 is 1. The van der Waals surface area contributed by atoms with E-state index in [9.17, 15) is 13.2 Å². The van der Waals surface area contributed by atoms with Gasteiger partial charge in [-0.15, -0.1) is 0 Å². The molecular weight excluding hydrogens is 307 g/mol. The Morgan fingerprint density at radius 3 is 2.83 bits per heavy atom. The molecule has 1 aliphatic rings. The van der Waals surface area contributed by atoms with E-state index in [4.69, 9.17) is 9.47 Å². The lowest BCUT2D eigenvalue weighted by atomic mass is 9.92. The maximum Gasteiger partial charge on any atom is 0.416 e. The lowest BCUT2D eigenvalue weighted by Gasteiger charge is -2.25. The Morgan fingerprint density at radius 1 is 1.26 bits per heavy atom. The molecule has 122 valence electrons. The van der Waals surface area contributed by atoms with E-state index in [0.29, 0.717) is 18.7 Å². The summed E-state index contributed by atoms with van der Waals surface area (Å²) < 4.78 is 49.1. The van der Waals surface area contributed by atoms with Gasteiger partial charge < -0.3 is 9.47 Å². The highest BCUT2D eigenvalue weighted by Crippen LogP contribution is 2.33. The Balaban J connectivity index is 1.72. The highest BCUT2D eigenvalue weighted by atomic mass is 19.4. The van der Waals surface area contributed by atoms with Crippen LogP contribution >= 0.6 is 0 Å². The van der Waals surface area contributed by atoms with E-state index >= 15 is 0 Å². The van der Waals surface area contributed by atoms with Crippen LogP contribution in [0.25, 0.3) is 0 Å². The molecule has 1 aromatic carbocycles. The number of nitrogens with zero attached hydrogens (tertiary/aromatic N) is 1. The van der Waals surface area contributed by atoms with Crippen LogP contribution in [0.2, 0.25) is 0 Å². The van der Waals surface area contributed by atoms with Crippen molar-refractivity contribution in [3.63, 3.8) is 0 Å². The predicted molar refractivity (Wildman–Crippen MR) is 78.6 cm³/mol. The third-order valence-electron chi connectivity index (χ3n) is 3.90. The Morgan fingerprint density at radius 2 is 2.09 bits per heavy atom. The molecule has 3 rings (SSSR count). The van der Waals surface area contributed by atoms with Gasteiger partial charge >= 0.3 is 6.18 Å². The third-order valence-corrected chi connectivity index (χ3v) is 3.90. The van der Waals surface area contributed by atoms with E-state index in [-0.39, 0.29) is 5.92 Å². The van der Waals surface area contributed by atoms with Crippen LogP contribution < -0.4 is 9.47 Å². The first-order valence-electron chi connectivity index (χ1n) is 7.27. The van der Waals surface area contributed by atoms with Gasteiger partial charge in [0.15, 0.2) is 0 Å². The highest BCUT2D eigenvalue weighted by Gasteiger charge is 2.31. The first-order chi connectivity index (χ1) is 11.0. The first kappa shape index (κ1) is 15.6. The molecule has 0 saturated carbocycles. The summed E-state index contributed by atoms with van der Waals surface area (Å²) >= 11 is 0. The summed E-state index contributed by atoms with van der Waals surface area (Å²) in [6.07, 6.45) is -1.93. The number of pyridine rings is 1. The van der Waals surface area contributed by atoms with Gasteiger partial charge in [-0.2, -0.15) is 13.2 Å². The number of hydrogen-bond donors (Lipinski definition) is 0. The normalized spacial score (nSPS) is 17.3. The van der Waals surface area contributed by atoms with Crippen LogP contribution in [-0.4, -0.2) is 18.7 Å². The predicted octanol–water partition coefficient (Wildman–Crippen LogP) is 3.90. The van der Waals surface area contributed by atoms with E-state index in [1.54, 1.807) is 7.11 Å². The number of hydrogen-bond acceptors (Lipinski definition) is 3. The molecule has 1 atom stereocenters. The molecule has 1 unspecified atom stereocenters. The standard InChI is InChI=1S/C17H16F3NO2/c1-22-15-3-2-12-6-11(10-23-16(12)9-15)7-14-8-13(4-5-21-14)17(18,19)20/h2-5,8-9,11H,6-7,10H2,1H3. The van der Waals surface area contributed by atoms with Crippen LogP contribution in [-0.2, 0) is 19.0 Å². The van der Waals surface area contributed by atoms with Gasteiger partial charge in [-0.05, 0) is 36.6 Å². The number of benzene rings is 1. The van der Waals surface area contributed by atoms with Crippen molar-refractivity contribution in [1.29, 1.82) is 0 Å². The number of rotatable bonds is 3. The third kappa shape index (κ3) is 3.57. The van der Waals surface area contributed by atoms with Crippen molar-refractivity contribution < 1.29 is 22.6 Å². The maximum absolute atomic E-state index is 12.8. The molecule has 2 aromatic rings. The fraction of sp³-hybridized carbons (Fsp3) is 0.353. The maximum atomic E-state index is 12.8. The van der Waals surface area contributed by atoms with E-state index < -0.39 is 11.7 Å². The van der Waals surface area contributed by atoms with E-state index in [0.717, 1.165) is 35.6 Å². The van der Waals surface area contributed by atoms with Gasteiger partial charge in [0.05, 0.1) is 19.3 Å². The molecule has 2 heterocycles. The van der Waals surface area contributed by atoms with Crippen molar-refractivity contribution in [2.45, 2.75) is 19.0 Å². The van der Waals surface area contributed by atoms with Crippen LogP contribution in [0, 0.1) is 5.92 Å². The summed E-state index contributed by atoms with van der Waals surface area (Å²) in [5.41, 5.74) is 0.809. The minimum atomic E-state index is -4.34. The van der Waals surface area contributed by atoms with Gasteiger partial charge in [0.2, 0.25) is 0 Å². The van der Waals surface area contributed by atoms with Crippen LogP contribution in [0.3, 0.4) is 0 Å². The van der Waals surface area contributed by atoms with E-state index in [1.165, 1.54) is 6.20 Å². The second-order valence-corrected chi connectivity index (χ2v) is 5.59. The molecule has 0 spiro atoms. The number of alkyl halides is 3. The fourth-order valence-electron chi connectivity index (χ4n) is 2.74. The first-order valence-corrected chi connectivity index (χ1v) is 7.27. The van der Waals surface area contributed by atoms with Gasteiger partial charge in [-0.3, -0.25) is 4.98 Å². The van der Waals surface area contributed by atoms with E-state index in [2.05, 4.69) is 4.98 Å². The quantitative estimate of drug-likeness (QED) is 0.858. The van der Waals surface area contributed by atoms with Crippen molar-refractivity contribution in [1.82, 2.24) is 4.98 Å². The van der Waals surface area contributed by atoms with Gasteiger partial charge in [-0.25, -0.2) is 0 Å². The molecule has 0 saturated heterocycles. The van der Waals surface area contributed by atoms with Crippen molar-refractivity contribution >= 4 is 0 Å². The zero-order valence-electron chi connectivity index (χ0n) is 12.6. The van der Waals surface area contributed by atoms with Crippen LogP contribution in [0.1, 0.15) is 16.8 Å². The molecule has 0 aliphatic carbocycles. The second-order valence-electron chi connectivity index (χ2n) is 5.59. The van der Waals surface area contributed by atoms with Crippen molar-refractivity contribution in [3.8, 4) is 11.5 Å². The number of fused-ring (bicyclic) bond motifs is 1. The molecule has 0 radical (unpaired) electrons. The summed E-state index contributed by atoms with van der Waals surface area (Å²) in [5.74, 6) is 1.60. The Kier molecular flexibility index (Phi) is 4.15. The lowest BCUT2D eigenvalue weighted by Crippen LogP contribution is -2.23. The zero-order valence-corrected chi connectivity index (χ0v) is 12.6. The molecule has 23 heavy (non-hydrogen) atoms. The lowest BCUT2D eigenvalue weighted by molar-refractivity contribution is -0.137. The van der Waals surface area contributed by atoms with Gasteiger partial charge in [0.1, 0.15) is 11.5 Å². The molecule has 3 nitrogen and oxygen atoms in total. The Labute approximate surface area is 132 Å². The van der Waals surface area contributed by atoms with Crippen LogP contribution in [0.15, 0.2) is 36.5 Å². The Bertz CT molecular complexity index is 700. The molecule has 0 N–H and O–H groups in total. The molecule has 1 aromatic heterocycles. The monoisotopic (exact) mass is 323 g/mol. The summed E-state index contributed by atoms with van der Waals surface area (Å²) in [5, 5.41) is 0. The smallest absolute Gasteiger partial charge is 0.416 e. The molecule has 0 amide bonds. The zero-order chi connectivity index (χ0) is 16.4. The topological polar surface area (TPSA) is 31.4 Å². The highest BCUT2D eigenvalue weighted by molar-refractivity contribution is 5.42. The molecule has 6 heteroatoms. The van der Waals surface area contributed by atoms with E-state index in [1.807, 2.05) is 18.2 Å². The number of ether oxygens (including phenoxy) is 2. The van der Waals surface area contributed by atoms with Crippen molar-refractivity contribution in [2.24, 2.45) is 5.92 Å². The minimum absolute atomic E-state index is 0.104. The average molecular weight is 323 g/mol. The largest absolute Gasteiger partial charge is 0.497 e.